The first-order valence-electron chi connectivity index (χ1n) is 7.49. The Kier molecular flexibility index (Phi) is 6.90. The van der Waals surface area contributed by atoms with Gasteiger partial charge in [0.1, 0.15) is 5.82 Å². The van der Waals surface area contributed by atoms with Crippen molar-refractivity contribution >= 4 is 17.5 Å². The van der Waals surface area contributed by atoms with Crippen LogP contribution >= 0.6 is 0 Å². The lowest BCUT2D eigenvalue weighted by Crippen LogP contribution is -2.44. The van der Waals surface area contributed by atoms with E-state index >= 15 is 0 Å². The first-order chi connectivity index (χ1) is 10.7. The van der Waals surface area contributed by atoms with Crippen molar-refractivity contribution in [1.29, 1.82) is 0 Å². The molecule has 0 aliphatic rings. The minimum Gasteiger partial charge on any atom is -0.388 e. The van der Waals surface area contributed by atoms with E-state index in [0.717, 1.165) is 18.6 Å². The third-order valence-corrected chi connectivity index (χ3v) is 3.79. The summed E-state index contributed by atoms with van der Waals surface area (Å²) in [6, 6.07) is 5.29. The van der Waals surface area contributed by atoms with Crippen LogP contribution in [0, 0.1) is 11.7 Å². The first-order valence-corrected chi connectivity index (χ1v) is 7.49. The van der Waals surface area contributed by atoms with Gasteiger partial charge in [-0.25, -0.2) is 4.39 Å². The monoisotopic (exact) mass is 322 g/mol. The van der Waals surface area contributed by atoms with E-state index in [0.29, 0.717) is 5.69 Å². The molecular weight excluding hydrogens is 299 g/mol. The molecule has 23 heavy (non-hydrogen) atoms. The van der Waals surface area contributed by atoms with Crippen LogP contribution in [-0.2, 0) is 9.59 Å². The Morgan fingerprint density at radius 3 is 2.39 bits per heavy atom. The highest BCUT2D eigenvalue weighted by Crippen LogP contribution is 2.18. The molecule has 0 saturated heterocycles. The Balaban J connectivity index is 2.45. The Hall–Kier alpha value is -2.21. The summed E-state index contributed by atoms with van der Waals surface area (Å²) in [5, 5.41) is 15.2. The highest BCUT2D eigenvalue weighted by molar-refractivity contribution is 6.03. The maximum atomic E-state index is 12.7. The van der Waals surface area contributed by atoms with Gasteiger partial charge in [0.15, 0.2) is 0 Å². The van der Waals surface area contributed by atoms with Crippen molar-refractivity contribution in [3.05, 3.63) is 42.2 Å². The fraction of sp³-hybridized carbons (Fsp3) is 0.412. The predicted octanol–water partition coefficient (Wildman–Crippen LogP) is 2.23. The van der Waals surface area contributed by atoms with Crippen LogP contribution in [0.4, 0.5) is 10.1 Å². The zero-order valence-electron chi connectivity index (χ0n) is 13.6. The summed E-state index contributed by atoms with van der Waals surface area (Å²) in [7, 11) is 0. The standard InChI is InChI=1S/C17H23FN2O3/c1-4-12(2)17(3,23)11-19-15(21)9-10-16(22)20-14-7-5-13(18)6-8-14/h5-10,12,23H,4,11H2,1-3H3,(H,19,21)(H,20,22)/b10-9+. The predicted molar refractivity (Wildman–Crippen MR) is 87.3 cm³/mol. The first kappa shape index (κ1) is 18.8. The second-order valence-electron chi connectivity index (χ2n) is 5.71. The van der Waals surface area contributed by atoms with Crippen LogP contribution in [0.1, 0.15) is 27.2 Å². The molecule has 1 rings (SSSR count). The van der Waals surface area contributed by atoms with Gasteiger partial charge in [0.05, 0.1) is 5.60 Å². The lowest BCUT2D eigenvalue weighted by atomic mass is 9.89. The van der Waals surface area contributed by atoms with Crippen LogP contribution in [0.2, 0.25) is 0 Å². The van der Waals surface area contributed by atoms with Crippen molar-refractivity contribution in [3.8, 4) is 0 Å². The van der Waals surface area contributed by atoms with E-state index in [4.69, 9.17) is 0 Å². The van der Waals surface area contributed by atoms with E-state index in [1.54, 1.807) is 6.92 Å². The van der Waals surface area contributed by atoms with Crippen molar-refractivity contribution in [3.63, 3.8) is 0 Å². The number of anilines is 1. The third kappa shape index (κ3) is 6.61. The van der Waals surface area contributed by atoms with Crippen LogP contribution < -0.4 is 10.6 Å². The molecule has 0 fully saturated rings. The molecule has 0 aliphatic carbocycles. The largest absolute Gasteiger partial charge is 0.388 e. The highest BCUT2D eigenvalue weighted by atomic mass is 19.1. The number of carbonyl (C=O) groups excluding carboxylic acids is 2. The van der Waals surface area contributed by atoms with Gasteiger partial charge >= 0.3 is 0 Å². The van der Waals surface area contributed by atoms with E-state index in [1.165, 1.54) is 24.3 Å². The molecule has 5 nitrogen and oxygen atoms in total. The Bertz CT molecular complexity index is 568. The number of benzene rings is 1. The topological polar surface area (TPSA) is 78.4 Å². The second kappa shape index (κ2) is 8.43. The van der Waals surface area contributed by atoms with Gasteiger partial charge in [-0.05, 0) is 37.1 Å². The number of aliphatic hydroxyl groups is 1. The molecular formula is C17H23FN2O3. The smallest absolute Gasteiger partial charge is 0.248 e. The van der Waals surface area contributed by atoms with Crippen molar-refractivity contribution in [2.75, 3.05) is 11.9 Å². The molecule has 0 aromatic heterocycles. The summed E-state index contributed by atoms with van der Waals surface area (Å²) in [6.07, 6.45) is 2.96. The number of nitrogens with one attached hydrogen (secondary N) is 2. The molecule has 2 amide bonds. The van der Waals surface area contributed by atoms with Crippen molar-refractivity contribution < 1.29 is 19.1 Å². The maximum Gasteiger partial charge on any atom is 0.248 e. The van der Waals surface area contributed by atoms with E-state index in [1.807, 2.05) is 13.8 Å². The van der Waals surface area contributed by atoms with Crippen LogP contribution in [0.5, 0.6) is 0 Å². The molecule has 6 heteroatoms. The number of rotatable bonds is 7. The zero-order valence-corrected chi connectivity index (χ0v) is 13.6. The SMILES string of the molecule is CCC(C)C(C)(O)CNC(=O)/C=C/C(=O)Nc1ccc(F)cc1. The van der Waals surface area contributed by atoms with Gasteiger partial charge in [-0.15, -0.1) is 0 Å². The van der Waals surface area contributed by atoms with Crippen LogP contribution in [-0.4, -0.2) is 29.1 Å². The average Bonchev–Trinajstić information content (AvgIpc) is 2.52. The molecule has 3 N–H and O–H groups in total. The highest BCUT2D eigenvalue weighted by Gasteiger charge is 2.27. The molecule has 2 unspecified atom stereocenters. The Morgan fingerprint density at radius 1 is 1.26 bits per heavy atom. The van der Waals surface area contributed by atoms with Crippen molar-refractivity contribution in [2.24, 2.45) is 5.92 Å². The fourth-order valence-electron chi connectivity index (χ4n) is 1.81. The molecule has 0 bridgehead atoms. The summed E-state index contributed by atoms with van der Waals surface area (Å²) >= 11 is 0. The molecule has 1 aromatic carbocycles. The molecule has 126 valence electrons. The quantitative estimate of drug-likeness (QED) is 0.674. The number of amides is 2. The Labute approximate surface area is 135 Å². The maximum absolute atomic E-state index is 12.7. The molecule has 0 spiro atoms. The number of hydrogen-bond donors (Lipinski definition) is 3. The van der Waals surface area contributed by atoms with Gasteiger partial charge in [0.25, 0.3) is 0 Å². The molecule has 1 aromatic rings. The van der Waals surface area contributed by atoms with Gasteiger partial charge < -0.3 is 15.7 Å². The van der Waals surface area contributed by atoms with Crippen LogP contribution in [0.25, 0.3) is 0 Å². The molecule has 0 saturated carbocycles. The van der Waals surface area contributed by atoms with E-state index < -0.39 is 23.2 Å². The number of carbonyl (C=O) groups is 2. The van der Waals surface area contributed by atoms with Gasteiger partial charge in [-0.2, -0.15) is 0 Å². The van der Waals surface area contributed by atoms with Gasteiger partial charge in [-0.1, -0.05) is 20.3 Å². The summed E-state index contributed by atoms with van der Waals surface area (Å²) < 4.78 is 12.7. The van der Waals surface area contributed by atoms with E-state index in [-0.39, 0.29) is 12.5 Å². The molecule has 0 heterocycles. The lowest BCUT2D eigenvalue weighted by molar-refractivity contribution is -0.118. The Morgan fingerprint density at radius 2 is 1.83 bits per heavy atom. The third-order valence-electron chi connectivity index (χ3n) is 3.79. The number of hydrogen-bond acceptors (Lipinski definition) is 3. The lowest BCUT2D eigenvalue weighted by Gasteiger charge is -2.29. The summed E-state index contributed by atoms with van der Waals surface area (Å²) in [4.78, 5) is 23.3. The normalized spacial score (nSPS) is 15.0. The zero-order chi connectivity index (χ0) is 17.5. The second-order valence-corrected chi connectivity index (χ2v) is 5.71. The van der Waals surface area contributed by atoms with Crippen molar-refractivity contribution in [2.45, 2.75) is 32.8 Å². The minimum atomic E-state index is -1.01. The van der Waals surface area contributed by atoms with Gasteiger partial charge in [0.2, 0.25) is 11.8 Å². The van der Waals surface area contributed by atoms with Gasteiger partial charge in [0, 0.05) is 24.4 Å². The number of halogens is 1. The van der Waals surface area contributed by atoms with E-state index in [9.17, 15) is 19.1 Å². The molecule has 0 radical (unpaired) electrons. The summed E-state index contributed by atoms with van der Waals surface area (Å²) in [5.74, 6) is -1.33. The molecule has 2 atom stereocenters. The summed E-state index contributed by atoms with van der Waals surface area (Å²) in [5.41, 5.74) is -0.574. The fourth-order valence-corrected chi connectivity index (χ4v) is 1.81. The summed E-state index contributed by atoms with van der Waals surface area (Å²) in [6.45, 7) is 5.62. The average molecular weight is 322 g/mol. The van der Waals surface area contributed by atoms with E-state index in [2.05, 4.69) is 10.6 Å². The van der Waals surface area contributed by atoms with Gasteiger partial charge in [-0.3, -0.25) is 9.59 Å². The molecule has 0 aliphatic heterocycles. The van der Waals surface area contributed by atoms with Crippen LogP contribution in [0.15, 0.2) is 36.4 Å². The van der Waals surface area contributed by atoms with Crippen LogP contribution in [0.3, 0.4) is 0 Å². The van der Waals surface area contributed by atoms with Crippen molar-refractivity contribution in [1.82, 2.24) is 5.32 Å². The minimum absolute atomic E-state index is 0.0357.